The lowest BCUT2D eigenvalue weighted by atomic mass is 10.1. The minimum Gasteiger partial charge on any atom is -0.487 e. The third kappa shape index (κ3) is 3.36. The third-order valence-corrected chi connectivity index (χ3v) is 4.21. The minimum absolute atomic E-state index is 0.0500. The Morgan fingerprint density at radius 2 is 2.32 bits per heavy atom. The first-order valence-electron chi connectivity index (χ1n) is 7.26. The first-order chi connectivity index (χ1) is 10.6. The van der Waals surface area contributed by atoms with E-state index in [1.54, 1.807) is 11.8 Å². The Hall–Kier alpha value is -2.15. The van der Waals surface area contributed by atoms with E-state index in [0.717, 1.165) is 12.2 Å². The number of urea groups is 1. The lowest BCUT2D eigenvalue weighted by molar-refractivity contribution is 0.0492. The summed E-state index contributed by atoms with van der Waals surface area (Å²) in [5, 5.41) is 3.27. The maximum Gasteiger partial charge on any atom is 0.323 e. The number of carbonyl (C=O) groups is 1. The van der Waals surface area contributed by atoms with Gasteiger partial charge in [-0.25, -0.2) is 9.78 Å². The Kier molecular flexibility index (Phi) is 4.24. The molecule has 1 aliphatic rings. The largest absolute Gasteiger partial charge is 0.487 e. The van der Waals surface area contributed by atoms with E-state index in [1.807, 2.05) is 18.2 Å². The lowest BCUT2D eigenvalue weighted by Crippen LogP contribution is -2.57. The SMILES string of the molecule is CCc1cccc(OC2CN(C(=O)Nc3nc(C)ns3)C2)c1. The molecule has 1 N–H and O–H groups in total. The molecule has 2 amide bonds. The van der Waals surface area contributed by atoms with E-state index in [4.69, 9.17) is 4.74 Å². The average Bonchev–Trinajstić information content (AvgIpc) is 2.87. The summed E-state index contributed by atoms with van der Waals surface area (Å²) < 4.78 is 9.91. The van der Waals surface area contributed by atoms with Crippen LogP contribution in [-0.4, -0.2) is 39.5 Å². The number of rotatable bonds is 4. The van der Waals surface area contributed by atoms with Gasteiger partial charge in [0.25, 0.3) is 0 Å². The van der Waals surface area contributed by atoms with Gasteiger partial charge in [-0.3, -0.25) is 5.32 Å². The summed E-state index contributed by atoms with van der Waals surface area (Å²) in [6.07, 6.45) is 1.03. The van der Waals surface area contributed by atoms with Gasteiger partial charge in [0, 0.05) is 11.5 Å². The van der Waals surface area contributed by atoms with Gasteiger partial charge in [0.1, 0.15) is 17.7 Å². The molecule has 0 aliphatic carbocycles. The van der Waals surface area contributed by atoms with Gasteiger partial charge in [0.05, 0.1) is 13.1 Å². The van der Waals surface area contributed by atoms with Gasteiger partial charge in [-0.2, -0.15) is 4.37 Å². The van der Waals surface area contributed by atoms with Crippen molar-refractivity contribution < 1.29 is 9.53 Å². The van der Waals surface area contributed by atoms with Crippen molar-refractivity contribution in [2.24, 2.45) is 0 Å². The molecule has 1 saturated heterocycles. The van der Waals surface area contributed by atoms with Crippen LogP contribution >= 0.6 is 11.5 Å². The smallest absolute Gasteiger partial charge is 0.323 e. The number of aromatic nitrogens is 2. The standard InChI is InChI=1S/C15H18N4O2S/c1-3-11-5-4-6-12(7-11)21-13-8-19(9-13)15(20)17-14-16-10(2)18-22-14/h4-7,13H,3,8-9H2,1-2H3,(H,16,17,18,20). The molecule has 2 heterocycles. The van der Waals surface area contributed by atoms with Gasteiger partial charge in [-0.15, -0.1) is 0 Å². The second kappa shape index (κ2) is 6.31. The number of amides is 2. The van der Waals surface area contributed by atoms with Crippen molar-refractivity contribution in [2.75, 3.05) is 18.4 Å². The van der Waals surface area contributed by atoms with Crippen LogP contribution in [0.4, 0.5) is 9.93 Å². The number of hydrogen-bond donors (Lipinski definition) is 1. The van der Waals surface area contributed by atoms with E-state index in [-0.39, 0.29) is 12.1 Å². The molecule has 6 nitrogen and oxygen atoms in total. The van der Waals surface area contributed by atoms with Gasteiger partial charge in [0.15, 0.2) is 0 Å². The monoisotopic (exact) mass is 318 g/mol. The maximum atomic E-state index is 12.0. The topological polar surface area (TPSA) is 67.3 Å². The summed E-state index contributed by atoms with van der Waals surface area (Å²) in [5.74, 6) is 1.53. The zero-order valence-corrected chi connectivity index (χ0v) is 13.4. The van der Waals surface area contributed by atoms with Crippen LogP contribution < -0.4 is 10.1 Å². The van der Waals surface area contributed by atoms with E-state index in [0.29, 0.717) is 24.0 Å². The van der Waals surface area contributed by atoms with E-state index < -0.39 is 0 Å². The Balaban J connectivity index is 1.48. The summed E-state index contributed by atoms with van der Waals surface area (Å²) in [6.45, 7) is 5.08. The summed E-state index contributed by atoms with van der Waals surface area (Å²) >= 11 is 1.19. The molecule has 0 saturated carbocycles. The van der Waals surface area contributed by atoms with Crippen LogP contribution in [0.5, 0.6) is 5.75 Å². The lowest BCUT2D eigenvalue weighted by Gasteiger charge is -2.38. The Bertz CT molecular complexity index is 667. The Morgan fingerprint density at radius 1 is 1.50 bits per heavy atom. The van der Waals surface area contributed by atoms with Crippen LogP contribution in [0.1, 0.15) is 18.3 Å². The molecule has 116 valence electrons. The molecule has 0 bridgehead atoms. The van der Waals surface area contributed by atoms with Crippen molar-refractivity contribution in [1.82, 2.24) is 14.3 Å². The molecule has 3 rings (SSSR count). The number of anilines is 1. The first kappa shape index (κ1) is 14.8. The third-order valence-electron chi connectivity index (χ3n) is 3.49. The van der Waals surface area contributed by atoms with Crippen molar-refractivity contribution >= 4 is 22.7 Å². The quantitative estimate of drug-likeness (QED) is 0.941. The van der Waals surface area contributed by atoms with Crippen molar-refractivity contribution in [1.29, 1.82) is 0 Å². The van der Waals surface area contributed by atoms with Crippen molar-refractivity contribution in [3.63, 3.8) is 0 Å². The van der Waals surface area contributed by atoms with Gasteiger partial charge >= 0.3 is 6.03 Å². The molecule has 0 spiro atoms. The average molecular weight is 318 g/mol. The number of likely N-dealkylation sites (tertiary alicyclic amines) is 1. The number of nitrogens with one attached hydrogen (secondary N) is 1. The number of carbonyl (C=O) groups excluding carboxylic acids is 1. The predicted octanol–water partition coefficient (Wildman–Crippen LogP) is 2.70. The summed E-state index contributed by atoms with van der Waals surface area (Å²) in [6, 6.07) is 7.92. The minimum atomic E-state index is -0.154. The molecule has 1 aromatic heterocycles. The van der Waals surface area contributed by atoms with E-state index in [9.17, 15) is 4.79 Å². The fourth-order valence-electron chi connectivity index (χ4n) is 2.23. The Morgan fingerprint density at radius 3 is 3.00 bits per heavy atom. The summed E-state index contributed by atoms with van der Waals surface area (Å²) in [4.78, 5) is 17.8. The number of benzene rings is 1. The highest BCUT2D eigenvalue weighted by Gasteiger charge is 2.32. The van der Waals surface area contributed by atoms with Gasteiger partial charge in [-0.05, 0) is 31.0 Å². The highest BCUT2D eigenvalue weighted by Crippen LogP contribution is 2.20. The molecule has 2 aromatic rings. The fraction of sp³-hybridized carbons (Fsp3) is 0.400. The second-order valence-corrected chi connectivity index (χ2v) is 5.97. The molecule has 22 heavy (non-hydrogen) atoms. The molecular formula is C15H18N4O2S. The van der Waals surface area contributed by atoms with E-state index >= 15 is 0 Å². The molecule has 0 unspecified atom stereocenters. The second-order valence-electron chi connectivity index (χ2n) is 5.22. The molecule has 1 fully saturated rings. The highest BCUT2D eigenvalue weighted by atomic mass is 32.1. The number of nitrogens with zero attached hydrogens (tertiary/aromatic N) is 3. The van der Waals surface area contributed by atoms with E-state index in [1.165, 1.54) is 17.1 Å². The van der Waals surface area contributed by atoms with Gasteiger partial charge in [0.2, 0.25) is 5.13 Å². The zero-order valence-electron chi connectivity index (χ0n) is 12.6. The van der Waals surface area contributed by atoms with Gasteiger partial charge in [-0.1, -0.05) is 19.1 Å². The fourth-order valence-corrected chi connectivity index (χ4v) is 2.79. The van der Waals surface area contributed by atoms with Crippen LogP contribution in [-0.2, 0) is 6.42 Å². The molecule has 1 aromatic carbocycles. The van der Waals surface area contributed by atoms with Crippen LogP contribution in [0.3, 0.4) is 0 Å². The summed E-state index contributed by atoms with van der Waals surface area (Å²) in [7, 11) is 0. The summed E-state index contributed by atoms with van der Waals surface area (Å²) in [5.41, 5.74) is 1.25. The highest BCUT2D eigenvalue weighted by molar-refractivity contribution is 7.09. The van der Waals surface area contributed by atoms with Gasteiger partial charge < -0.3 is 9.64 Å². The van der Waals surface area contributed by atoms with Crippen molar-refractivity contribution in [3.05, 3.63) is 35.7 Å². The molecule has 1 aliphatic heterocycles. The predicted molar refractivity (Wildman–Crippen MR) is 85.5 cm³/mol. The molecule has 0 atom stereocenters. The number of ether oxygens (including phenoxy) is 1. The van der Waals surface area contributed by atoms with Crippen molar-refractivity contribution in [2.45, 2.75) is 26.4 Å². The molecular weight excluding hydrogens is 300 g/mol. The van der Waals surface area contributed by atoms with Crippen LogP contribution in [0.15, 0.2) is 24.3 Å². The normalized spacial score (nSPS) is 14.5. The van der Waals surface area contributed by atoms with E-state index in [2.05, 4.69) is 27.7 Å². The number of aryl methyl sites for hydroxylation is 2. The van der Waals surface area contributed by atoms with Crippen LogP contribution in [0.2, 0.25) is 0 Å². The Labute approximate surface area is 133 Å². The van der Waals surface area contributed by atoms with Crippen molar-refractivity contribution in [3.8, 4) is 5.75 Å². The molecule has 7 heteroatoms. The van der Waals surface area contributed by atoms with Crippen LogP contribution in [0, 0.1) is 6.92 Å². The zero-order chi connectivity index (χ0) is 15.5. The first-order valence-corrected chi connectivity index (χ1v) is 8.03. The van der Waals surface area contributed by atoms with Crippen LogP contribution in [0.25, 0.3) is 0 Å². The maximum absolute atomic E-state index is 12.0. The molecule has 0 radical (unpaired) electrons. The number of hydrogen-bond acceptors (Lipinski definition) is 5.